The van der Waals surface area contributed by atoms with Gasteiger partial charge in [-0.1, -0.05) is 18.2 Å². The average Bonchev–Trinajstić information content (AvgIpc) is 2.88. The zero-order valence-electron chi connectivity index (χ0n) is 11.0. The average molecular weight is 295 g/mol. The molecule has 5 nitrogen and oxygen atoms in total. The molecule has 0 radical (unpaired) electrons. The number of hydrogen-bond acceptors (Lipinski definition) is 4. The van der Waals surface area contributed by atoms with Crippen molar-refractivity contribution >= 4 is 15.8 Å². The number of rotatable bonds is 2. The summed E-state index contributed by atoms with van der Waals surface area (Å²) < 4.78 is 24.2. The summed E-state index contributed by atoms with van der Waals surface area (Å²) in [5, 5.41) is 9.31. The number of aliphatic carboxylic acids is 1. The molecule has 2 unspecified atom stereocenters. The molecule has 1 saturated heterocycles. The van der Waals surface area contributed by atoms with Crippen LogP contribution >= 0.6 is 0 Å². The minimum atomic E-state index is -3.22. The Balaban J connectivity index is 2.02. The lowest BCUT2D eigenvalue weighted by atomic mass is 10.0. The van der Waals surface area contributed by atoms with Crippen molar-refractivity contribution in [3.8, 4) is 0 Å². The maximum Gasteiger partial charge on any atom is 0.320 e. The number of carboxylic acid groups (broad SMARTS) is 1. The number of benzene rings is 1. The number of hydrogen-bond donors (Lipinski definition) is 1. The van der Waals surface area contributed by atoms with Crippen molar-refractivity contribution in [1.29, 1.82) is 0 Å². The van der Waals surface area contributed by atoms with Crippen molar-refractivity contribution in [3.05, 3.63) is 29.8 Å². The largest absolute Gasteiger partial charge is 0.480 e. The fourth-order valence-electron chi connectivity index (χ4n) is 3.34. The van der Waals surface area contributed by atoms with Gasteiger partial charge in [-0.25, -0.2) is 8.42 Å². The van der Waals surface area contributed by atoms with Crippen LogP contribution < -0.4 is 0 Å². The van der Waals surface area contributed by atoms with Crippen LogP contribution in [0.15, 0.2) is 29.2 Å². The molecule has 1 fully saturated rings. The Labute approximate surface area is 118 Å². The predicted molar refractivity (Wildman–Crippen MR) is 73.2 cm³/mol. The molecule has 6 heteroatoms. The topological polar surface area (TPSA) is 74.7 Å². The van der Waals surface area contributed by atoms with Crippen LogP contribution in [0.3, 0.4) is 0 Å². The van der Waals surface area contributed by atoms with E-state index in [1.54, 1.807) is 12.1 Å². The Morgan fingerprint density at radius 3 is 2.75 bits per heavy atom. The maximum atomic E-state index is 12.1. The first-order valence-electron chi connectivity index (χ1n) is 6.81. The van der Waals surface area contributed by atoms with Crippen molar-refractivity contribution in [2.24, 2.45) is 0 Å². The summed E-state index contributed by atoms with van der Waals surface area (Å²) in [5.74, 6) is -0.717. The summed E-state index contributed by atoms with van der Waals surface area (Å²) in [4.78, 5) is 13.7. The molecule has 0 aromatic heterocycles. The van der Waals surface area contributed by atoms with Crippen LogP contribution in [-0.4, -0.2) is 42.7 Å². The maximum absolute atomic E-state index is 12.1. The fourth-order valence-corrected chi connectivity index (χ4v) is 4.95. The smallest absolute Gasteiger partial charge is 0.320 e. The number of carbonyl (C=O) groups is 1. The molecule has 0 bridgehead atoms. The van der Waals surface area contributed by atoms with E-state index in [9.17, 15) is 18.3 Å². The van der Waals surface area contributed by atoms with E-state index in [4.69, 9.17) is 0 Å². The van der Waals surface area contributed by atoms with E-state index < -0.39 is 21.8 Å². The van der Waals surface area contributed by atoms with Crippen LogP contribution in [0, 0.1) is 0 Å². The van der Waals surface area contributed by atoms with E-state index in [1.807, 2.05) is 17.0 Å². The summed E-state index contributed by atoms with van der Waals surface area (Å²) in [7, 11) is -3.22. The lowest BCUT2D eigenvalue weighted by Crippen LogP contribution is -2.41. The molecule has 1 aromatic rings. The molecule has 20 heavy (non-hydrogen) atoms. The number of carboxylic acids is 1. The van der Waals surface area contributed by atoms with Gasteiger partial charge in [0.05, 0.1) is 10.6 Å². The first kappa shape index (κ1) is 13.6. The quantitative estimate of drug-likeness (QED) is 0.894. The third-order valence-electron chi connectivity index (χ3n) is 4.25. The standard InChI is InChI=1S/C14H17NO4S/c16-14(17)12-5-3-8-15(12)11-7-9-20(18,19)13-6-2-1-4-10(11)13/h1-2,4,6,11-12H,3,5,7-9H2,(H,16,17). The predicted octanol–water partition coefficient (Wildman–Crippen LogP) is 1.45. The van der Waals surface area contributed by atoms with Crippen LogP contribution in [0.1, 0.15) is 30.9 Å². The highest BCUT2D eigenvalue weighted by Crippen LogP contribution is 2.39. The minimum Gasteiger partial charge on any atom is -0.480 e. The summed E-state index contributed by atoms with van der Waals surface area (Å²) in [6, 6.07) is 6.39. The Kier molecular flexibility index (Phi) is 3.30. The summed E-state index contributed by atoms with van der Waals surface area (Å²) in [6.07, 6.45) is 1.96. The highest BCUT2D eigenvalue weighted by atomic mass is 32.2. The van der Waals surface area contributed by atoms with Gasteiger partial charge in [0.15, 0.2) is 9.84 Å². The molecule has 0 amide bonds. The van der Waals surface area contributed by atoms with Gasteiger partial charge >= 0.3 is 5.97 Å². The minimum absolute atomic E-state index is 0.0948. The van der Waals surface area contributed by atoms with Crippen molar-refractivity contribution in [1.82, 2.24) is 4.90 Å². The van der Waals surface area contributed by atoms with Gasteiger partial charge in [-0.2, -0.15) is 0 Å². The van der Waals surface area contributed by atoms with Crippen molar-refractivity contribution < 1.29 is 18.3 Å². The lowest BCUT2D eigenvalue weighted by Gasteiger charge is -2.35. The molecular formula is C14H17NO4S. The first-order chi connectivity index (χ1) is 9.50. The van der Waals surface area contributed by atoms with Crippen LogP contribution in [-0.2, 0) is 14.6 Å². The third kappa shape index (κ3) is 2.13. The second-order valence-corrected chi connectivity index (χ2v) is 7.47. The normalized spacial score (nSPS) is 29.0. The van der Waals surface area contributed by atoms with Gasteiger partial charge in [0.25, 0.3) is 0 Å². The van der Waals surface area contributed by atoms with E-state index >= 15 is 0 Å². The summed E-state index contributed by atoms with van der Waals surface area (Å²) >= 11 is 0. The van der Waals surface area contributed by atoms with Gasteiger partial charge in [-0.15, -0.1) is 0 Å². The zero-order chi connectivity index (χ0) is 14.3. The number of sulfone groups is 1. The van der Waals surface area contributed by atoms with Gasteiger partial charge < -0.3 is 5.11 Å². The number of fused-ring (bicyclic) bond motifs is 1. The fraction of sp³-hybridized carbons (Fsp3) is 0.500. The van der Waals surface area contributed by atoms with Crippen LogP contribution in [0.25, 0.3) is 0 Å². The molecular weight excluding hydrogens is 278 g/mol. The van der Waals surface area contributed by atoms with Gasteiger partial charge in [0.2, 0.25) is 0 Å². The SMILES string of the molecule is O=C(O)C1CCCN1C1CCS(=O)(=O)c2ccccc21. The van der Waals surface area contributed by atoms with Crippen LogP contribution in [0.5, 0.6) is 0 Å². The highest BCUT2D eigenvalue weighted by molar-refractivity contribution is 7.91. The Bertz CT molecular complexity index is 640. The second-order valence-electron chi connectivity index (χ2n) is 5.40. The molecule has 2 atom stereocenters. The highest BCUT2D eigenvalue weighted by Gasteiger charge is 2.40. The Morgan fingerprint density at radius 1 is 1.25 bits per heavy atom. The van der Waals surface area contributed by atoms with E-state index in [-0.39, 0.29) is 11.8 Å². The van der Waals surface area contributed by atoms with Crippen molar-refractivity contribution in [2.45, 2.75) is 36.2 Å². The third-order valence-corrected chi connectivity index (χ3v) is 6.07. The molecule has 2 heterocycles. The van der Waals surface area contributed by atoms with Gasteiger partial charge in [0.1, 0.15) is 6.04 Å². The van der Waals surface area contributed by atoms with E-state index in [1.165, 1.54) is 0 Å². The molecule has 1 N–H and O–H groups in total. The molecule has 2 aliphatic heterocycles. The zero-order valence-corrected chi connectivity index (χ0v) is 11.8. The van der Waals surface area contributed by atoms with E-state index in [2.05, 4.69) is 0 Å². The molecule has 0 saturated carbocycles. The first-order valence-corrected chi connectivity index (χ1v) is 8.46. The molecule has 108 valence electrons. The molecule has 2 aliphatic rings. The summed E-state index contributed by atoms with van der Waals surface area (Å²) in [5.41, 5.74) is 0.756. The molecule has 0 aliphatic carbocycles. The van der Waals surface area contributed by atoms with Crippen molar-refractivity contribution in [2.75, 3.05) is 12.3 Å². The van der Waals surface area contributed by atoms with Gasteiger partial charge in [-0.3, -0.25) is 9.69 Å². The number of likely N-dealkylation sites (tertiary alicyclic amines) is 1. The van der Waals surface area contributed by atoms with Crippen LogP contribution in [0.2, 0.25) is 0 Å². The number of nitrogens with zero attached hydrogens (tertiary/aromatic N) is 1. The lowest BCUT2D eigenvalue weighted by molar-refractivity contribution is -0.143. The van der Waals surface area contributed by atoms with E-state index in [0.29, 0.717) is 17.7 Å². The molecule has 0 spiro atoms. The Hall–Kier alpha value is -1.40. The van der Waals surface area contributed by atoms with Crippen LogP contribution in [0.4, 0.5) is 0 Å². The monoisotopic (exact) mass is 295 g/mol. The summed E-state index contributed by atoms with van der Waals surface area (Å²) in [6.45, 7) is 0.718. The van der Waals surface area contributed by atoms with E-state index in [0.717, 1.165) is 18.5 Å². The van der Waals surface area contributed by atoms with Crippen molar-refractivity contribution in [3.63, 3.8) is 0 Å². The second kappa shape index (κ2) is 4.86. The molecule has 3 rings (SSSR count). The molecule has 1 aromatic carbocycles. The van der Waals surface area contributed by atoms with Gasteiger partial charge in [0, 0.05) is 6.04 Å². The Morgan fingerprint density at radius 2 is 2.00 bits per heavy atom. The van der Waals surface area contributed by atoms with Gasteiger partial charge in [-0.05, 0) is 37.4 Å².